The van der Waals surface area contributed by atoms with Crippen LogP contribution in [0.4, 0.5) is 5.69 Å². The summed E-state index contributed by atoms with van der Waals surface area (Å²) in [6.45, 7) is -0.140. The van der Waals surface area contributed by atoms with Crippen LogP contribution in [0.1, 0.15) is 10.4 Å². The zero-order valence-electron chi connectivity index (χ0n) is 12.4. The smallest absolute Gasteiger partial charge is 0.254 e. The van der Waals surface area contributed by atoms with Crippen LogP contribution >= 0.6 is 46.4 Å². The Morgan fingerprint density at radius 2 is 1.50 bits per heavy atom. The van der Waals surface area contributed by atoms with Crippen LogP contribution in [0.25, 0.3) is 0 Å². The summed E-state index contributed by atoms with van der Waals surface area (Å²) >= 11 is 23.4. The lowest BCUT2D eigenvalue weighted by Gasteiger charge is -2.17. The molecule has 24 heavy (non-hydrogen) atoms. The molecule has 2 aromatic rings. The highest BCUT2D eigenvalue weighted by atomic mass is 35.5. The first-order valence-corrected chi connectivity index (χ1v) is 8.24. The van der Waals surface area contributed by atoms with E-state index in [-0.39, 0.29) is 23.4 Å². The molecule has 0 unspecified atom stereocenters. The molecule has 1 N–H and O–H groups in total. The lowest BCUT2D eigenvalue weighted by Crippen LogP contribution is -2.34. The number of benzene rings is 2. The molecule has 8 heteroatoms. The number of likely N-dealkylation sites (N-methyl/N-ethyl adjacent to an activating group) is 1. The van der Waals surface area contributed by atoms with E-state index in [1.165, 1.54) is 30.1 Å². The van der Waals surface area contributed by atoms with Crippen molar-refractivity contribution in [2.24, 2.45) is 0 Å². The number of nitrogens with zero attached hydrogens (tertiary/aromatic N) is 1. The van der Waals surface area contributed by atoms with Crippen molar-refractivity contribution >= 4 is 63.9 Å². The van der Waals surface area contributed by atoms with E-state index < -0.39 is 0 Å². The quantitative estimate of drug-likeness (QED) is 0.776. The maximum atomic E-state index is 12.3. The van der Waals surface area contributed by atoms with E-state index in [1.54, 1.807) is 18.2 Å². The van der Waals surface area contributed by atoms with Gasteiger partial charge in [-0.25, -0.2) is 0 Å². The topological polar surface area (TPSA) is 49.4 Å². The molecular formula is C16H12Cl4N2O2. The van der Waals surface area contributed by atoms with Gasteiger partial charge in [0, 0.05) is 18.3 Å². The number of hydrogen-bond donors (Lipinski definition) is 1. The van der Waals surface area contributed by atoms with Crippen LogP contribution in [0.15, 0.2) is 36.4 Å². The molecule has 2 amide bonds. The minimum absolute atomic E-state index is 0.140. The van der Waals surface area contributed by atoms with Crippen molar-refractivity contribution in [1.82, 2.24) is 4.90 Å². The monoisotopic (exact) mass is 404 g/mol. The summed E-state index contributed by atoms with van der Waals surface area (Å²) in [6, 6.07) is 9.25. The number of rotatable bonds is 4. The summed E-state index contributed by atoms with van der Waals surface area (Å²) in [4.78, 5) is 25.6. The Hall–Kier alpha value is -1.46. The van der Waals surface area contributed by atoms with Crippen LogP contribution in [0.2, 0.25) is 20.1 Å². The van der Waals surface area contributed by atoms with Gasteiger partial charge in [0.1, 0.15) is 0 Å². The average molecular weight is 406 g/mol. The largest absolute Gasteiger partial charge is 0.332 e. The van der Waals surface area contributed by atoms with Crippen molar-refractivity contribution in [3.05, 3.63) is 62.1 Å². The number of amides is 2. The molecule has 0 aromatic heterocycles. The van der Waals surface area contributed by atoms with E-state index in [0.717, 1.165) is 0 Å². The van der Waals surface area contributed by atoms with E-state index in [0.29, 0.717) is 26.3 Å². The fourth-order valence-corrected chi connectivity index (χ4v) is 2.51. The van der Waals surface area contributed by atoms with Crippen LogP contribution in [0.3, 0.4) is 0 Å². The summed E-state index contributed by atoms with van der Waals surface area (Å²) in [5.41, 5.74) is 0.832. The Bertz CT molecular complexity index is 796. The number of carbonyl (C=O) groups is 2. The predicted octanol–water partition coefficient (Wildman–Crippen LogP) is 5.01. The summed E-state index contributed by atoms with van der Waals surface area (Å²) in [5.74, 6) is -0.720. The van der Waals surface area contributed by atoms with Gasteiger partial charge >= 0.3 is 0 Å². The van der Waals surface area contributed by atoms with Crippen molar-refractivity contribution in [1.29, 1.82) is 0 Å². The molecule has 0 aliphatic heterocycles. The van der Waals surface area contributed by atoms with Crippen LogP contribution in [0.5, 0.6) is 0 Å². The van der Waals surface area contributed by atoms with Gasteiger partial charge in [0.25, 0.3) is 5.91 Å². The molecule has 0 spiro atoms. The number of anilines is 1. The van der Waals surface area contributed by atoms with Gasteiger partial charge in [-0.05, 0) is 36.4 Å². The first-order valence-electron chi connectivity index (χ1n) is 6.73. The van der Waals surface area contributed by atoms with Crippen molar-refractivity contribution < 1.29 is 9.59 Å². The Morgan fingerprint density at radius 1 is 0.917 bits per heavy atom. The van der Waals surface area contributed by atoms with Crippen molar-refractivity contribution in [3.8, 4) is 0 Å². The van der Waals surface area contributed by atoms with Crippen LogP contribution in [-0.2, 0) is 4.79 Å². The maximum absolute atomic E-state index is 12.3. The molecular weight excluding hydrogens is 394 g/mol. The Morgan fingerprint density at radius 3 is 2.08 bits per heavy atom. The fraction of sp³-hybridized carbons (Fsp3) is 0.125. The van der Waals surface area contributed by atoms with Gasteiger partial charge in [-0.2, -0.15) is 0 Å². The van der Waals surface area contributed by atoms with E-state index in [2.05, 4.69) is 5.32 Å². The molecule has 0 saturated heterocycles. The third-order valence-electron chi connectivity index (χ3n) is 3.10. The highest BCUT2D eigenvalue weighted by Crippen LogP contribution is 2.25. The number of carbonyl (C=O) groups excluding carboxylic acids is 2. The normalized spacial score (nSPS) is 10.4. The van der Waals surface area contributed by atoms with E-state index >= 15 is 0 Å². The van der Waals surface area contributed by atoms with Crippen molar-refractivity contribution in [2.45, 2.75) is 0 Å². The fourth-order valence-electron chi connectivity index (χ4n) is 1.91. The Kier molecular flexibility index (Phi) is 6.35. The number of nitrogens with one attached hydrogen (secondary N) is 1. The summed E-state index contributed by atoms with van der Waals surface area (Å²) in [7, 11) is 1.51. The predicted molar refractivity (Wildman–Crippen MR) is 98.5 cm³/mol. The van der Waals surface area contributed by atoms with Crippen LogP contribution in [0, 0.1) is 0 Å². The highest BCUT2D eigenvalue weighted by Gasteiger charge is 2.16. The Balaban J connectivity index is 2.01. The van der Waals surface area contributed by atoms with Crippen molar-refractivity contribution in [2.75, 3.05) is 18.9 Å². The lowest BCUT2D eigenvalue weighted by atomic mass is 10.2. The first kappa shape index (κ1) is 18.9. The third kappa shape index (κ3) is 4.77. The molecule has 0 heterocycles. The lowest BCUT2D eigenvalue weighted by molar-refractivity contribution is -0.116. The molecule has 0 aliphatic carbocycles. The molecule has 0 atom stereocenters. The molecule has 4 nitrogen and oxygen atoms in total. The molecule has 0 aliphatic rings. The zero-order chi connectivity index (χ0) is 17.9. The summed E-state index contributed by atoms with van der Waals surface area (Å²) < 4.78 is 0. The molecule has 0 saturated carbocycles. The third-order valence-corrected chi connectivity index (χ3v) is 4.58. The molecule has 2 rings (SSSR count). The molecule has 0 fully saturated rings. The van der Waals surface area contributed by atoms with E-state index in [1.807, 2.05) is 0 Å². The molecule has 0 radical (unpaired) electrons. The van der Waals surface area contributed by atoms with Gasteiger partial charge in [-0.3, -0.25) is 9.59 Å². The molecule has 126 valence electrons. The zero-order valence-corrected chi connectivity index (χ0v) is 15.5. The van der Waals surface area contributed by atoms with Gasteiger partial charge in [-0.15, -0.1) is 0 Å². The second-order valence-electron chi connectivity index (χ2n) is 4.97. The second kappa shape index (κ2) is 8.08. The highest BCUT2D eigenvalue weighted by molar-refractivity contribution is 6.42. The number of hydrogen-bond acceptors (Lipinski definition) is 2. The second-order valence-corrected chi connectivity index (χ2v) is 6.60. The van der Waals surface area contributed by atoms with E-state index in [9.17, 15) is 9.59 Å². The van der Waals surface area contributed by atoms with Gasteiger partial charge in [0.05, 0.1) is 26.6 Å². The molecule has 0 bridgehead atoms. The van der Waals surface area contributed by atoms with Gasteiger partial charge in [0.15, 0.2) is 0 Å². The van der Waals surface area contributed by atoms with Crippen molar-refractivity contribution in [3.63, 3.8) is 0 Å². The maximum Gasteiger partial charge on any atom is 0.254 e. The van der Waals surface area contributed by atoms with Gasteiger partial charge in [-0.1, -0.05) is 46.4 Å². The minimum Gasteiger partial charge on any atom is -0.332 e. The standard InChI is InChI=1S/C16H12Cl4N2O2/c1-22(16(24)9-2-4-11(17)13(19)6-9)8-15(23)21-10-3-5-12(18)14(20)7-10/h2-7H,8H2,1H3,(H,21,23). The van der Waals surface area contributed by atoms with Crippen LogP contribution in [-0.4, -0.2) is 30.3 Å². The summed E-state index contributed by atoms with van der Waals surface area (Å²) in [5, 5.41) is 3.99. The Labute approximate surface area is 159 Å². The first-order chi connectivity index (χ1) is 11.3. The molecule has 2 aromatic carbocycles. The van der Waals surface area contributed by atoms with E-state index in [4.69, 9.17) is 46.4 Å². The average Bonchev–Trinajstić information content (AvgIpc) is 2.52. The van der Waals surface area contributed by atoms with Gasteiger partial charge < -0.3 is 10.2 Å². The summed E-state index contributed by atoms with van der Waals surface area (Å²) in [6.07, 6.45) is 0. The number of halogens is 4. The SMILES string of the molecule is CN(CC(=O)Nc1ccc(Cl)c(Cl)c1)C(=O)c1ccc(Cl)c(Cl)c1. The minimum atomic E-state index is -0.371. The van der Waals surface area contributed by atoms with Gasteiger partial charge in [0.2, 0.25) is 5.91 Å². The van der Waals surface area contributed by atoms with Crippen LogP contribution < -0.4 is 5.32 Å².